The molecule has 1 amide bonds. The van der Waals surface area contributed by atoms with Gasteiger partial charge in [0.2, 0.25) is 5.91 Å². The minimum atomic E-state index is -1.68. The summed E-state index contributed by atoms with van der Waals surface area (Å²) in [5, 5.41) is 22.0. The number of carboxylic acids is 1. The average molecular weight is 527 g/mol. The molecule has 1 saturated carbocycles. The van der Waals surface area contributed by atoms with Gasteiger partial charge in [-0.1, -0.05) is 60.9 Å². The summed E-state index contributed by atoms with van der Waals surface area (Å²) in [5.74, 6) is -3.42. The first-order chi connectivity index (χ1) is 18.3. The molecule has 4 unspecified atom stereocenters. The van der Waals surface area contributed by atoms with E-state index in [0.717, 1.165) is 36.8 Å². The average Bonchev–Trinajstić information content (AvgIpc) is 3.68. The van der Waals surface area contributed by atoms with Crippen molar-refractivity contribution in [1.29, 1.82) is 5.26 Å². The molecule has 1 N–H and O–H groups in total. The van der Waals surface area contributed by atoms with E-state index >= 15 is 0 Å². The number of benzene rings is 2. The number of thiophene rings is 1. The van der Waals surface area contributed by atoms with Crippen molar-refractivity contribution < 1.29 is 19.5 Å². The number of carbonyl (C=O) groups excluding carboxylic acids is 2. The third-order valence-electron chi connectivity index (χ3n) is 8.31. The molecule has 194 valence electrons. The highest BCUT2D eigenvalue weighted by Crippen LogP contribution is 2.57. The van der Waals surface area contributed by atoms with Gasteiger partial charge < -0.3 is 10.0 Å². The molecule has 5 rings (SSSR count). The lowest BCUT2D eigenvalue weighted by Crippen LogP contribution is -2.55. The molecule has 3 aromatic rings. The quantitative estimate of drug-likeness (QED) is 0.390. The summed E-state index contributed by atoms with van der Waals surface area (Å²) in [6.07, 6.45) is 3.30. The fraction of sp³-hybridized carbons (Fsp3) is 0.355. The lowest BCUT2D eigenvalue weighted by atomic mass is 9.72. The van der Waals surface area contributed by atoms with Gasteiger partial charge in [0.1, 0.15) is 5.54 Å². The molecule has 0 radical (unpaired) electrons. The first kappa shape index (κ1) is 25.9. The van der Waals surface area contributed by atoms with Crippen LogP contribution in [-0.4, -0.2) is 33.2 Å². The number of carbonyl (C=O) groups is 3. The van der Waals surface area contributed by atoms with Crippen LogP contribution in [0.1, 0.15) is 76.5 Å². The lowest BCUT2D eigenvalue weighted by molar-refractivity contribution is -0.159. The number of ketones is 1. The maximum Gasteiger partial charge on any atom is 0.330 e. The molecule has 1 aliphatic carbocycles. The number of rotatable bonds is 6. The van der Waals surface area contributed by atoms with Gasteiger partial charge in [0.15, 0.2) is 5.78 Å². The number of hydrogen-bond acceptors (Lipinski definition) is 5. The molecule has 38 heavy (non-hydrogen) atoms. The van der Waals surface area contributed by atoms with Crippen molar-refractivity contribution in [2.75, 3.05) is 0 Å². The van der Waals surface area contributed by atoms with E-state index in [1.54, 1.807) is 42.2 Å². The molecule has 2 aliphatic rings. The summed E-state index contributed by atoms with van der Waals surface area (Å²) in [6.45, 7) is 3.54. The van der Waals surface area contributed by atoms with Crippen molar-refractivity contribution in [3.63, 3.8) is 0 Å². The minimum Gasteiger partial charge on any atom is -0.479 e. The molecular weight excluding hydrogens is 496 g/mol. The molecule has 2 fully saturated rings. The van der Waals surface area contributed by atoms with E-state index in [2.05, 4.69) is 6.07 Å². The zero-order valence-electron chi connectivity index (χ0n) is 21.5. The van der Waals surface area contributed by atoms with Gasteiger partial charge in [-0.25, -0.2) is 4.79 Å². The molecular formula is C31H30N2O4S. The van der Waals surface area contributed by atoms with Crippen molar-refractivity contribution in [2.24, 2.45) is 11.8 Å². The number of Topliss-reactive ketones (excluding diaryl/α,β-unsaturated/α-hetero) is 1. The number of likely N-dealkylation sites (tertiary alicyclic amines) is 1. The zero-order chi connectivity index (χ0) is 27.0. The predicted octanol–water partition coefficient (Wildman–Crippen LogP) is 6.13. The highest BCUT2D eigenvalue weighted by molar-refractivity contribution is 7.12. The molecule has 0 spiro atoms. The molecule has 0 bridgehead atoms. The normalized spacial score (nSPS) is 25.3. The topological polar surface area (TPSA) is 98.5 Å². The lowest BCUT2D eigenvalue weighted by Gasteiger charge is -2.39. The van der Waals surface area contributed by atoms with Crippen LogP contribution in [0.5, 0.6) is 0 Å². The Hall–Kier alpha value is -3.76. The summed E-state index contributed by atoms with van der Waals surface area (Å²) >= 11 is 1.32. The Morgan fingerprint density at radius 1 is 1.03 bits per heavy atom. The van der Waals surface area contributed by atoms with Crippen molar-refractivity contribution in [1.82, 2.24) is 4.90 Å². The SMILES string of the molecule is Cc1cccc(C2C(C(=O)c3cccs3)C(c3ccc(C#N)cc3)C(C)(C(=O)O)N2C(=O)C2CCCC2)c1. The maximum absolute atomic E-state index is 14.3. The van der Waals surface area contributed by atoms with Crippen LogP contribution in [0.4, 0.5) is 0 Å². The molecule has 7 heteroatoms. The molecule has 4 atom stereocenters. The van der Waals surface area contributed by atoms with Gasteiger partial charge in [-0.3, -0.25) is 9.59 Å². The van der Waals surface area contributed by atoms with E-state index in [9.17, 15) is 24.8 Å². The van der Waals surface area contributed by atoms with Crippen LogP contribution >= 0.6 is 11.3 Å². The Morgan fingerprint density at radius 2 is 1.74 bits per heavy atom. The first-order valence-electron chi connectivity index (χ1n) is 13.0. The molecule has 6 nitrogen and oxygen atoms in total. The van der Waals surface area contributed by atoms with Gasteiger partial charge in [0.05, 0.1) is 28.5 Å². The highest BCUT2D eigenvalue weighted by Gasteiger charge is 2.65. The number of aryl methyl sites for hydroxylation is 1. The highest BCUT2D eigenvalue weighted by atomic mass is 32.1. The van der Waals surface area contributed by atoms with Gasteiger partial charge in [-0.2, -0.15) is 5.26 Å². The second-order valence-corrected chi connectivity index (χ2v) is 11.5. The van der Waals surface area contributed by atoms with Crippen LogP contribution in [-0.2, 0) is 9.59 Å². The summed E-state index contributed by atoms with van der Waals surface area (Å²) in [4.78, 5) is 44.0. The van der Waals surface area contributed by atoms with E-state index in [-0.39, 0.29) is 17.6 Å². The smallest absolute Gasteiger partial charge is 0.330 e. The Morgan fingerprint density at radius 3 is 2.32 bits per heavy atom. The Bertz CT molecular complexity index is 1400. The number of hydrogen-bond donors (Lipinski definition) is 1. The predicted molar refractivity (Wildman–Crippen MR) is 145 cm³/mol. The molecule has 1 aromatic heterocycles. The van der Waals surface area contributed by atoms with Gasteiger partial charge in [0, 0.05) is 11.8 Å². The molecule has 2 aromatic carbocycles. The maximum atomic E-state index is 14.3. The summed E-state index contributed by atoms with van der Waals surface area (Å²) in [7, 11) is 0. The fourth-order valence-corrected chi connectivity index (χ4v) is 7.20. The van der Waals surface area contributed by atoms with Crippen molar-refractivity contribution in [2.45, 2.75) is 57.0 Å². The third-order valence-corrected chi connectivity index (χ3v) is 9.19. The van der Waals surface area contributed by atoms with E-state index in [1.165, 1.54) is 11.3 Å². The largest absolute Gasteiger partial charge is 0.479 e. The number of nitriles is 1. The summed E-state index contributed by atoms with van der Waals surface area (Å²) in [5.41, 5.74) is 1.12. The Labute approximate surface area is 226 Å². The monoisotopic (exact) mass is 526 g/mol. The van der Waals surface area contributed by atoms with Crippen LogP contribution < -0.4 is 0 Å². The van der Waals surface area contributed by atoms with Crippen LogP contribution in [0, 0.1) is 30.1 Å². The van der Waals surface area contributed by atoms with E-state index in [1.807, 2.05) is 42.6 Å². The van der Waals surface area contributed by atoms with E-state index < -0.39 is 29.4 Å². The van der Waals surface area contributed by atoms with Crippen molar-refractivity contribution in [3.05, 3.63) is 93.2 Å². The van der Waals surface area contributed by atoms with Crippen molar-refractivity contribution in [3.8, 4) is 6.07 Å². The minimum absolute atomic E-state index is 0.171. The standard InChI is InChI=1S/C31H30N2O4S/c1-19-7-5-10-23(17-19)27-25(28(34)24-11-6-16-38-24)26(21-14-12-20(18-32)13-15-21)31(2,30(36)37)33(27)29(35)22-8-3-4-9-22/h5-7,10-17,22,25-27H,3-4,8-9H2,1-2H3,(H,36,37). The van der Waals surface area contributed by atoms with Crippen LogP contribution in [0.15, 0.2) is 66.0 Å². The van der Waals surface area contributed by atoms with Crippen LogP contribution in [0.2, 0.25) is 0 Å². The van der Waals surface area contributed by atoms with Crippen LogP contribution in [0.25, 0.3) is 0 Å². The number of aliphatic carboxylic acids is 1. The van der Waals surface area contributed by atoms with E-state index in [0.29, 0.717) is 16.0 Å². The number of amides is 1. The molecule has 2 heterocycles. The second kappa shape index (κ2) is 10.2. The van der Waals surface area contributed by atoms with Gasteiger partial charge >= 0.3 is 5.97 Å². The Balaban J connectivity index is 1.79. The first-order valence-corrected chi connectivity index (χ1v) is 13.9. The van der Waals surface area contributed by atoms with Gasteiger partial charge in [-0.05, 0) is 61.4 Å². The zero-order valence-corrected chi connectivity index (χ0v) is 22.3. The van der Waals surface area contributed by atoms with E-state index in [4.69, 9.17) is 0 Å². The number of carboxylic acid groups (broad SMARTS) is 1. The van der Waals surface area contributed by atoms with Crippen LogP contribution in [0.3, 0.4) is 0 Å². The van der Waals surface area contributed by atoms with Gasteiger partial charge in [0.25, 0.3) is 0 Å². The molecule has 1 saturated heterocycles. The fourth-order valence-electron chi connectivity index (χ4n) is 6.49. The third kappa shape index (κ3) is 4.23. The summed E-state index contributed by atoms with van der Waals surface area (Å²) < 4.78 is 0. The number of nitrogens with zero attached hydrogens (tertiary/aromatic N) is 2. The van der Waals surface area contributed by atoms with Crippen molar-refractivity contribution >= 4 is 29.0 Å². The summed E-state index contributed by atoms with van der Waals surface area (Å²) in [6, 6.07) is 19.4. The Kier molecular flexibility index (Phi) is 6.93. The molecule has 1 aliphatic heterocycles. The second-order valence-electron chi connectivity index (χ2n) is 10.6. The van der Waals surface area contributed by atoms with Gasteiger partial charge in [-0.15, -0.1) is 11.3 Å².